The fourth-order valence-electron chi connectivity index (χ4n) is 5.43. The molecule has 0 heterocycles. The first-order valence-corrected chi connectivity index (χ1v) is 12.2. The molecule has 0 saturated heterocycles. The van der Waals surface area contributed by atoms with Crippen LogP contribution in [0.1, 0.15) is 42.9 Å². The summed E-state index contributed by atoms with van der Waals surface area (Å²) in [6, 6.07) is 42.2. The molecule has 0 aromatic heterocycles. The molecular weight excluding hydrogens is 396 g/mol. The predicted octanol–water partition coefficient (Wildman–Crippen LogP) is 8.91. The zero-order valence-corrected chi connectivity index (χ0v) is 19.5. The Hall–Kier alpha value is -3.38. The van der Waals surface area contributed by atoms with Crippen LogP contribution in [0.3, 0.4) is 0 Å². The standard InChI is InChI=1S/C33H32/c1-33(24-10-9-15-26-13-3-2-4-14-26,32-23-12-19-28-17-6-8-22-31(28)32)25-29-20-11-18-27-16-5-7-21-30(27)29/h2-8,11-14,16-23H,9-10,15,24-25H2,1H3. The van der Waals surface area contributed by atoms with E-state index in [1.807, 2.05) is 0 Å². The van der Waals surface area contributed by atoms with Crippen molar-refractivity contribution in [3.05, 3.63) is 132 Å². The molecule has 1 atom stereocenters. The number of benzene rings is 5. The van der Waals surface area contributed by atoms with Crippen molar-refractivity contribution in [3.8, 4) is 0 Å². The van der Waals surface area contributed by atoms with Crippen molar-refractivity contribution >= 4 is 21.5 Å². The summed E-state index contributed by atoms with van der Waals surface area (Å²) in [7, 11) is 0. The average molecular weight is 429 g/mol. The third-order valence-corrected chi connectivity index (χ3v) is 7.19. The number of fused-ring (bicyclic) bond motifs is 2. The van der Waals surface area contributed by atoms with Crippen molar-refractivity contribution in [3.63, 3.8) is 0 Å². The molecule has 164 valence electrons. The normalized spacial score (nSPS) is 13.2. The molecule has 5 aromatic carbocycles. The number of hydrogen-bond acceptors (Lipinski definition) is 0. The summed E-state index contributed by atoms with van der Waals surface area (Å²) in [5.41, 5.74) is 4.44. The summed E-state index contributed by atoms with van der Waals surface area (Å²) < 4.78 is 0. The molecule has 1 unspecified atom stereocenters. The van der Waals surface area contributed by atoms with E-state index in [2.05, 4.69) is 122 Å². The van der Waals surface area contributed by atoms with Gasteiger partial charge in [-0.3, -0.25) is 0 Å². The highest BCUT2D eigenvalue weighted by Crippen LogP contribution is 2.39. The summed E-state index contributed by atoms with van der Waals surface area (Å²) in [6.45, 7) is 2.49. The van der Waals surface area contributed by atoms with Crippen molar-refractivity contribution in [2.75, 3.05) is 0 Å². The maximum atomic E-state index is 2.49. The summed E-state index contributed by atoms with van der Waals surface area (Å²) in [4.78, 5) is 0. The third-order valence-electron chi connectivity index (χ3n) is 7.19. The van der Waals surface area contributed by atoms with Crippen LogP contribution in [0.2, 0.25) is 0 Å². The van der Waals surface area contributed by atoms with Crippen LogP contribution in [0.5, 0.6) is 0 Å². The summed E-state index contributed by atoms with van der Waals surface area (Å²) in [5.74, 6) is 0. The predicted molar refractivity (Wildman–Crippen MR) is 143 cm³/mol. The Bertz CT molecular complexity index is 1340. The van der Waals surface area contributed by atoms with Crippen molar-refractivity contribution < 1.29 is 0 Å². The Morgan fingerprint density at radius 1 is 0.545 bits per heavy atom. The van der Waals surface area contributed by atoms with E-state index in [0.29, 0.717) is 0 Å². The Labute approximate surface area is 197 Å². The molecule has 0 spiro atoms. The van der Waals surface area contributed by atoms with Crippen molar-refractivity contribution in [2.24, 2.45) is 0 Å². The summed E-state index contributed by atoms with van der Waals surface area (Å²) in [6.07, 6.45) is 5.82. The molecule has 0 aliphatic heterocycles. The Balaban J connectivity index is 1.48. The largest absolute Gasteiger partial charge is 0.0622 e. The molecule has 5 rings (SSSR count). The highest BCUT2D eigenvalue weighted by molar-refractivity contribution is 5.88. The van der Waals surface area contributed by atoms with Gasteiger partial charge >= 0.3 is 0 Å². The molecule has 0 N–H and O–H groups in total. The first-order chi connectivity index (χ1) is 16.2. The van der Waals surface area contributed by atoms with Crippen LogP contribution >= 0.6 is 0 Å². The monoisotopic (exact) mass is 428 g/mol. The van der Waals surface area contributed by atoms with E-state index >= 15 is 0 Å². The van der Waals surface area contributed by atoms with Crippen LogP contribution in [-0.2, 0) is 18.3 Å². The van der Waals surface area contributed by atoms with Gasteiger partial charge in [0.2, 0.25) is 0 Å². The van der Waals surface area contributed by atoms with Gasteiger partial charge < -0.3 is 0 Å². The lowest BCUT2D eigenvalue weighted by molar-refractivity contribution is 0.414. The molecular formula is C33H32. The van der Waals surface area contributed by atoms with Crippen LogP contribution in [-0.4, -0.2) is 0 Å². The maximum absolute atomic E-state index is 2.49. The minimum absolute atomic E-state index is 0.0711. The fraction of sp³-hybridized carbons (Fsp3) is 0.212. The minimum atomic E-state index is 0.0711. The van der Waals surface area contributed by atoms with Crippen molar-refractivity contribution in [1.82, 2.24) is 0 Å². The van der Waals surface area contributed by atoms with E-state index in [1.54, 1.807) is 0 Å². The molecule has 0 radical (unpaired) electrons. The van der Waals surface area contributed by atoms with E-state index in [-0.39, 0.29) is 5.41 Å². The van der Waals surface area contributed by atoms with E-state index in [1.165, 1.54) is 57.5 Å². The summed E-state index contributed by atoms with van der Waals surface area (Å²) >= 11 is 0. The lowest BCUT2D eigenvalue weighted by atomic mass is 9.71. The number of rotatable bonds is 8. The van der Waals surface area contributed by atoms with Gasteiger partial charge in [0.1, 0.15) is 0 Å². The van der Waals surface area contributed by atoms with Gasteiger partial charge in [-0.1, -0.05) is 129 Å². The number of unbranched alkanes of at least 4 members (excludes halogenated alkanes) is 1. The van der Waals surface area contributed by atoms with Gasteiger partial charge in [0.15, 0.2) is 0 Å². The van der Waals surface area contributed by atoms with Crippen LogP contribution in [0.15, 0.2) is 115 Å². The highest BCUT2D eigenvalue weighted by atomic mass is 14.3. The first kappa shape index (κ1) is 21.5. The van der Waals surface area contributed by atoms with E-state index in [4.69, 9.17) is 0 Å². The topological polar surface area (TPSA) is 0 Å². The zero-order chi connectivity index (χ0) is 22.5. The molecule has 33 heavy (non-hydrogen) atoms. The SMILES string of the molecule is CC(CCCCc1ccccc1)(Cc1cccc2ccccc12)c1cccc2ccccc12. The van der Waals surface area contributed by atoms with Crippen LogP contribution in [0.4, 0.5) is 0 Å². The maximum Gasteiger partial charge on any atom is -0.00286 e. The summed E-state index contributed by atoms with van der Waals surface area (Å²) in [5, 5.41) is 5.45. The van der Waals surface area contributed by atoms with E-state index in [0.717, 1.165) is 12.8 Å². The Morgan fingerprint density at radius 3 is 1.94 bits per heavy atom. The third kappa shape index (κ3) is 4.71. The second kappa shape index (κ2) is 9.63. The molecule has 0 nitrogen and oxygen atoms in total. The lowest BCUT2D eigenvalue weighted by Gasteiger charge is -2.32. The molecule has 0 fully saturated rings. The van der Waals surface area contributed by atoms with Crippen LogP contribution in [0.25, 0.3) is 21.5 Å². The highest BCUT2D eigenvalue weighted by Gasteiger charge is 2.29. The van der Waals surface area contributed by atoms with Gasteiger partial charge in [0.05, 0.1) is 0 Å². The van der Waals surface area contributed by atoms with Gasteiger partial charge in [-0.25, -0.2) is 0 Å². The van der Waals surface area contributed by atoms with Crippen LogP contribution in [0, 0.1) is 0 Å². The quantitative estimate of drug-likeness (QED) is 0.216. The smallest absolute Gasteiger partial charge is 0.00286 e. The molecule has 0 saturated carbocycles. The Morgan fingerprint density at radius 2 is 1.15 bits per heavy atom. The van der Waals surface area contributed by atoms with Gasteiger partial charge in [0, 0.05) is 0 Å². The lowest BCUT2D eigenvalue weighted by Crippen LogP contribution is -2.26. The minimum Gasteiger partial charge on any atom is -0.0622 e. The molecule has 5 aromatic rings. The molecule has 0 bridgehead atoms. The van der Waals surface area contributed by atoms with Gasteiger partial charge in [0.25, 0.3) is 0 Å². The number of aryl methyl sites for hydroxylation is 1. The van der Waals surface area contributed by atoms with Gasteiger partial charge in [-0.15, -0.1) is 0 Å². The van der Waals surface area contributed by atoms with Crippen LogP contribution < -0.4 is 0 Å². The molecule has 0 amide bonds. The molecule has 0 aliphatic rings. The molecule has 0 heteroatoms. The van der Waals surface area contributed by atoms with Crippen molar-refractivity contribution in [2.45, 2.75) is 44.4 Å². The Kier molecular flexibility index (Phi) is 6.26. The number of hydrogen-bond donors (Lipinski definition) is 0. The average Bonchev–Trinajstić information content (AvgIpc) is 2.87. The fourth-order valence-corrected chi connectivity index (χ4v) is 5.43. The zero-order valence-electron chi connectivity index (χ0n) is 19.5. The second-order valence-corrected chi connectivity index (χ2v) is 9.60. The van der Waals surface area contributed by atoms with Gasteiger partial charge in [-0.2, -0.15) is 0 Å². The molecule has 0 aliphatic carbocycles. The second-order valence-electron chi connectivity index (χ2n) is 9.60. The van der Waals surface area contributed by atoms with E-state index in [9.17, 15) is 0 Å². The first-order valence-electron chi connectivity index (χ1n) is 12.2. The van der Waals surface area contributed by atoms with Gasteiger partial charge in [-0.05, 0) is 69.3 Å². The van der Waals surface area contributed by atoms with Crippen molar-refractivity contribution in [1.29, 1.82) is 0 Å². The van der Waals surface area contributed by atoms with E-state index < -0.39 is 0 Å².